The Hall–Kier alpha value is -0.570. The molecule has 0 amide bonds. The number of benzene rings is 1. The van der Waals surface area contributed by atoms with Crippen LogP contribution in [0.5, 0.6) is 0 Å². The third-order valence-electron chi connectivity index (χ3n) is 2.58. The van der Waals surface area contributed by atoms with Gasteiger partial charge in [-0.2, -0.15) is 0 Å². The van der Waals surface area contributed by atoms with Gasteiger partial charge in [-0.05, 0) is 12.6 Å². The zero-order chi connectivity index (χ0) is 9.10. The predicted octanol–water partition coefficient (Wildman–Crippen LogP) is 2.11. The van der Waals surface area contributed by atoms with Crippen molar-refractivity contribution in [1.29, 1.82) is 0 Å². The Balaban J connectivity index is 0.000000980. The monoisotopic (exact) mass is 213 g/mol. The van der Waals surface area contributed by atoms with Crippen LogP contribution in [0.25, 0.3) is 0 Å². The third kappa shape index (κ3) is 2.47. The van der Waals surface area contributed by atoms with Crippen LogP contribution >= 0.6 is 12.4 Å². The van der Waals surface area contributed by atoms with Crippen molar-refractivity contribution in [3.05, 3.63) is 35.9 Å². The van der Waals surface area contributed by atoms with Crippen molar-refractivity contribution in [1.82, 2.24) is 4.90 Å². The summed E-state index contributed by atoms with van der Waals surface area (Å²) >= 11 is 0. The summed E-state index contributed by atoms with van der Waals surface area (Å²) in [7, 11) is 2.15. The summed E-state index contributed by atoms with van der Waals surface area (Å²) in [4.78, 5) is 2.35. The van der Waals surface area contributed by atoms with Gasteiger partial charge in [0.2, 0.25) is 0 Å². The number of ether oxygens (including phenoxy) is 1. The van der Waals surface area contributed by atoms with Crippen molar-refractivity contribution in [2.45, 2.75) is 6.04 Å². The SMILES string of the molecule is CN1CCOC[C@@H]1c1ccccc1.Cl. The van der Waals surface area contributed by atoms with E-state index in [1.165, 1.54) is 5.56 Å². The molecule has 0 aliphatic carbocycles. The molecule has 1 atom stereocenters. The molecule has 3 heteroatoms. The molecule has 1 aliphatic heterocycles. The summed E-state index contributed by atoms with van der Waals surface area (Å²) in [6.45, 7) is 2.71. The summed E-state index contributed by atoms with van der Waals surface area (Å²) in [5, 5.41) is 0. The summed E-state index contributed by atoms with van der Waals surface area (Å²) in [5.41, 5.74) is 1.35. The molecule has 14 heavy (non-hydrogen) atoms. The Morgan fingerprint density at radius 2 is 2.00 bits per heavy atom. The number of rotatable bonds is 1. The summed E-state index contributed by atoms with van der Waals surface area (Å²) in [5.74, 6) is 0. The van der Waals surface area contributed by atoms with Crippen LogP contribution in [0.4, 0.5) is 0 Å². The Labute approximate surface area is 91.3 Å². The van der Waals surface area contributed by atoms with Crippen molar-refractivity contribution in [3.8, 4) is 0 Å². The van der Waals surface area contributed by atoms with Crippen LogP contribution in [0.15, 0.2) is 30.3 Å². The van der Waals surface area contributed by atoms with Gasteiger partial charge in [0.25, 0.3) is 0 Å². The molecule has 1 aromatic rings. The smallest absolute Gasteiger partial charge is 0.0664 e. The molecule has 0 N–H and O–H groups in total. The fraction of sp³-hybridized carbons (Fsp3) is 0.455. The van der Waals surface area contributed by atoms with Crippen LogP contribution in [-0.4, -0.2) is 31.7 Å². The minimum Gasteiger partial charge on any atom is -0.378 e. The molecule has 2 nitrogen and oxygen atoms in total. The maximum Gasteiger partial charge on any atom is 0.0664 e. The highest BCUT2D eigenvalue weighted by atomic mass is 35.5. The lowest BCUT2D eigenvalue weighted by Crippen LogP contribution is -2.36. The van der Waals surface area contributed by atoms with Gasteiger partial charge in [0.05, 0.1) is 19.3 Å². The molecule has 78 valence electrons. The Kier molecular flexibility index (Phi) is 4.39. The van der Waals surface area contributed by atoms with E-state index in [-0.39, 0.29) is 12.4 Å². The topological polar surface area (TPSA) is 12.5 Å². The normalized spacial score (nSPS) is 22.8. The first-order valence-corrected chi connectivity index (χ1v) is 4.71. The molecule has 0 radical (unpaired) electrons. The van der Waals surface area contributed by atoms with E-state index in [1.807, 2.05) is 6.07 Å². The van der Waals surface area contributed by atoms with Gasteiger partial charge in [-0.15, -0.1) is 12.4 Å². The van der Waals surface area contributed by atoms with Crippen LogP contribution < -0.4 is 0 Å². The van der Waals surface area contributed by atoms with Gasteiger partial charge in [0, 0.05) is 6.54 Å². The van der Waals surface area contributed by atoms with Crippen molar-refractivity contribution in [3.63, 3.8) is 0 Å². The molecule has 0 unspecified atom stereocenters. The number of nitrogens with zero attached hydrogens (tertiary/aromatic N) is 1. The van der Waals surface area contributed by atoms with E-state index in [0.717, 1.165) is 19.8 Å². The third-order valence-corrected chi connectivity index (χ3v) is 2.58. The van der Waals surface area contributed by atoms with Crippen LogP contribution in [0, 0.1) is 0 Å². The maximum absolute atomic E-state index is 5.47. The van der Waals surface area contributed by atoms with E-state index < -0.39 is 0 Å². The van der Waals surface area contributed by atoms with Crippen molar-refractivity contribution in [2.75, 3.05) is 26.8 Å². The first kappa shape index (κ1) is 11.5. The minimum absolute atomic E-state index is 0. The summed E-state index contributed by atoms with van der Waals surface area (Å²) in [6, 6.07) is 11.0. The molecule has 0 aromatic heterocycles. The molecule has 0 saturated carbocycles. The van der Waals surface area contributed by atoms with Gasteiger partial charge in [-0.3, -0.25) is 4.90 Å². The average molecular weight is 214 g/mol. The molecule has 1 fully saturated rings. The predicted molar refractivity (Wildman–Crippen MR) is 59.9 cm³/mol. The van der Waals surface area contributed by atoms with Gasteiger partial charge < -0.3 is 4.74 Å². The van der Waals surface area contributed by atoms with E-state index in [4.69, 9.17) is 4.74 Å². The van der Waals surface area contributed by atoms with E-state index in [9.17, 15) is 0 Å². The van der Waals surface area contributed by atoms with E-state index in [0.29, 0.717) is 6.04 Å². The van der Waals surface area contributed by atoms with Gasteiger partial charge in [0.15, 0.2) is 0 Å². The number of morpholine rings is 1. The zero-order valence-corrected chi connectivity index (χ0v) is 9.17. The largest absolute Gasteiger partial charge is 0.378 e. The molecule has 1 aliphatic rings. The molecule has 1 heterocycles. The number of likely N-dealkylation sites (N-methyl/N-ethyl adjacent to an activating group) is 1. The molecule has 2 rings (SSSR count). The Bertz CT molecular complexity index is 265. The molecule has 1 saturated heterocycles. The molecule has 1 aromatic carbocycles. The second-order valence-corrected chi connectivity index (χ2v) is 3.48. The number of hydrogen-bond donors (Lipinski definition) is 0. The zero-order valence-electron chi connectivity index (χ0n) is 8.35. The maximum atomic E-state index is 5.47. The van der Waals surface area contributed by atoms with Crippen LogP contribution in [0.1, 0.15) is 11.6 Å². The van der Waals surface area contributed by atoms with Gasteiger partial charge in [-0.1, -0.05) is 30.3 Å². The molecule has 0 bridgehead atoms. The summed E-state index contributed by atoms with van der Waals surface area (Å²) in [6.07, 6.45) is 0. The fourth-order valence-electron chi connectivity index (χ4n) is 1.71. The van der Waals surface area contributed by atoms with E-state index >= 15 is 0 Å². The lowest BCUT2D eigenvalue weighted by atomic mass is 10.1. The average Bonchev–Trinajstić information content (AvgIpc) is 2.20. The van der Waals surface area contributed by atoms with Crippen LogP contribution in [-0.2, 0) is 4.74 Å². The lowest BCUT2D eigenvalue weighted by molar-refractivity contribution is 0.00506. The molecular formula is C11H16ClNO. The molecule has 0 spiro atoms. The highest BCUT2D eigenvalue weighted by molar-refractivity contribution is 5.85. The van der Waals surface area contributed by atoms with E-state index in [2.05, 4.69) is 36.2 Å². The Morgan fingerprint density at radius 3 is 2.64 bits per heavy atom. The molecular weight excluding hydrogens is 198 g/mol. The highest BCUT2D eigenvalue weighted by Gasteiger charge is 2.20. The van der Waals surface area contributed by atoms with Crippen molar-refractivity contribution < 1.29 is 4.74 Å². The quantitative estimate of drug-likeness (QED) is 0.709. The Morgan fingerprint density at radius 1 is 1.29 bits per heavy atom. The van der Waals surface area contributed by atoms with Crippen molar-refractivity contribution >= 4 is 12.4 Å². The van der Waals surface area contributed by atoms with Crippen molar-refractivity contribution in [2.24, 2.45) is 0 Å². The first-order valence-electron chi connectivity index (χ1n) is 4.71. The minimum atomic E-state index is 0. The van der Waals surface area contributed by atoms with Gasteiger partial charge in [-0.25, -0.2) is 0 Å². The standard InChI is InChI=1S/C11H15NO.ClH/c1-12-7-8-13-9-11(12)10-5-3-2-4-6-10;/h2-6,11H,7-9H2,1H3;1H/t11-;/m1./s1. The van der Waals surface area contributed by atoms with Crippen LogP contribution in [0.2, 0.25) is 0 Å². The number of hydrogen-bond acceptors (Lipinski definition) is 2. The van der Waals surface area contributed by atoms with Crippen LogP contribution in [0.3, 0.4) is 0 Å². The van der Waals surface area contributed by atoms with Gasteiger partial charge >= 0.3 is 0 Å². The van der Waals surface area contributed by atoms with Gasteiger partial charge in [0.1, 0.15) is 0 Å². The lowest BCUT2D eigenvalue weighted by Gasteiger charge is -2.32. The van der Waals surface area contributed by atoms with E-state index in [1.54, 1.807) is 0 Å². The first-order chi connectivity index (χ1) is 6.38. The number of halogens is 1. The second kappa shape index (κ2) is 5.35. The summed E-state index contributed by atoms with van der Waals surface area (Å²) < 4.78 is 5.47. The second-order valence-electron chi connectivity index (χ2n) is 3.48. The highest BCUT2D eigenvalue weighted by Crippen LogP contribution is 2.21. The fourth-order valence-corrected chi connectivity index (χ4v) is 1.71.